The van der Waals surface area contributed by atoms with E-state index >= 15 is 0 Å². The zero-order valence-corrected chi connectivity index (χ0v) is 30.1. The van der Waals surface area contributed by atoms with Gasteiger partial charge in [0.1, 0.15) is 27.9 Å². The minimum Gasteiger partial charge on any atom is -0.456 e. The monoisotopic (exact) mass is 717 g/mol. The highest BCUT2D eigenvalue weighted by molar-refractivity contribution is 6.13. The molecule has 4 heteroatoms. The Kier molecular flexibility index (Phi) is 6.60. The summed E-state index contributed by atoms with van der Waals surface area (Å²) < 4.78 is 19.3. The summed E-state index contributed by atoms with van der Waals surface area (Å²) in [6, 6.07) is 66.2. The molecule has 3 aromatic heterocycles. The highest BCUT2D eigenvalue weighted by Gasteiger charge is 2.23. The fraction of sp³-hybridized carbons (Fsp3) is 0. The standard InChI is InChI=1S/C52H31NO3/c1-2-11-34-30-51-44(28-33(34)10-1)43-29-36(23-27-49(43)55-51)38-12-3-6-16-45(38)53(46-17-9-15-42-40-14-5-8-19-48(40)56-52(42)46)37-24-20-32(21-25-37)35-22-26-41-39-13-4-7-18-47(39)54-50(41)31-35/h1-31H. The molecule has 0 aliphatic heterocycles. The van der Waals surface area contributed by atoms with Gasteiger partial charge in [-0.25, -0.2) is 0 Å². The van der Waals surface area contributed by atoms with Gasteiger partial charge in [0.05, 0.1) is 11.4 Å². The number of hydrogen-bond acceptors (Lipinski definition) is 4. The fourth-order valence-electron chi connectivity index (χ4n) is 8.57. The third-order valence-electron chi connectivity index (χ3n) is 11.3. The van der Waals surface area contributed by atoms with Crippen LogP contribution in [-0.2, 0) is 0 Å². The fourth-order valence-corrected chi connectivity index (χ4v) is 8.57. The van der Waals surface area contributed by atoms with E-state index in [0.29, 0.717) is 0 Å². The predicted octanol–water partition coefficient (Wildman–Crippen LogP) is 15.3. The van der Waals surface area contributed by atoms with Gasteiger partial charge < -0.3 is 18.2 Å². The van der Waals surface area contributed by atoms with E-state index in [9.17, 15) is 0 Å². The van der Waals surface area contributed by atoms with E-state index < -0.39 is 0 Å². The average molecular weight is 718 g/mol. The number of anilines is 3. The van der Waals surface area contributed by atoms with Crippen molar-refractivity contribution in [3.63, 3.8) is 0 Å². The van der Waals surface area contributed by atoms with Crippen LogP contribution in [0.1, 0.15) is 0 Å². The van der Waals surface area contributed by atoms with Gasteiger partial charge in [-0.2, -0.15) is 0 Å². The molecule has 0 radical (unpaired) electrons. The zero-order chi connectivity index (χ0) is 36.7. The summed E-state index contributed by atoms with van der Waals surface area (Å²) in [7, 11) is 0. The number of para-hydroxylation sites is 4. The van der Waals surface area contributed by atoms with Crippen LogP contribution in [0, 0.1) is 0 Å². The first kappa shape index (κ1) is 30.9. The molecule has 12 rings (SSSR count). The highest BCUT2D eigenvalue weighted by atomic mass is 16.3. The molecule has 0 spiro atoms. The van der Waals surface area contributed by atoms with Gasteiger partial charge in [-0.15, -0.1) is 0 Å². The van der Waals surface area contributed by atoms with Gasteiger partial charge in [-0.3, -0.25) is 0 Å². The van der Waals surface area contributed by atoms with Crippen molar-refractivity contribution >= 4 is 93.7 Å². The molecule has 0 atom stereocenters. The van der Waals surface area contributed by atoms with Gasteiger partial charge in [0, 0.05) is 43.6 Å². The van der Waals surface area contributed by atoms with Crippen molar-refractivity contribution in [2.45, 2.75) is 0 Å². The molecule has 3 heterocycles. The zero-order valence-electron chi connectivity index (χ0n) is 30.1. The average Bonchev–Trinajstić information content (AvgIpc) is 3.94. The molecule has 56 heavy (non-hydrogen) atoms. The van der Waals surface area contributed by atoms with E-state index in [4.69, 9.17) is 13.3 Å². The number of nitrogens with zero attached hydrogens (tertiary/aromatic N) is 1. The summed E-state index contributed by atoms with van der Waals surface area (Å²) in [6.07, 6.45) is 0. The molecular weight excluding hydrogens is 687 g/mol. The number of rotatable bonds is 5. The van der Waals surface area contributed by atoms with Crippen LogP contribution in [0.3, 0.4) is 0 Å². The maximum atomic E-state index is 6.68. The van der Waals surface area contributed by atoms with E-state index in [1.54, 1.807) is 0 Å². The van der Waals surface area contributed by atoms with Crippen LogP contribution in [-0.4, -0.2) is 0 Å². The molecule has 12 aromatic rings. The smallest absolute Gasteiger partial charge is 0.159 e. The SMILES string of the molecule is c1ccc(N(c2ccc(-c3ccc4c(c3)oc3ccccc34)cc2)c2cccc3c2oc2ccccc23)c(-c2ccc3oc4cc5ccccc5cc4c3c2)c1. The Morgan fingerprint density at radius 1 is 0.304 bits per heavy atom. The lowest BCUT2D eigenvalue weighted by Crippen LogP contribution is -2.11. The number of hydrogen-bond donors (Lipinski definition) is 0. The van der Waals surface area contributed by atoms with Gasteiger partial charge in [0.25, 0.3) is 0 Å². The van der Waals surface area contributed by atoms with Crippen LogP contribution in [0.15, 0.2) is 201 Å². The minimum absolute atomic E-state index is 0.839. The summed E-state index contributed by atoms with van der Waals surface area (Å²) in [6.45, 7) is 0. The highest BCUT2D eigenvalue weighted by Crippen LogP contribution is 2.46. The van der Waals surface area contributed by atoms with Gasteiger partial charge in [0.15, 0.2) is 5.58 Å². The first-order chi connectivity index (χ1) is 27.7. The Morgan fingerprint density at radius 3 is 1.71 bits per heavy atom. The first-order valence-corrected chi connectivity index (χ1v) is 18.9. The Balaban J connectivity index is 1.04. The van der Waals surface area contributed by atoms with Crippen molar-refractivity contribution < 1.29 is 13.3 Å². The van der Waals surface area contributed by atoms with Gasteiger partial charge in [-0.05, 0) is 100 Å². The van der Waals surface area contributed by atoms with E-state index in [1.165, 1.54) is 10.8 Å². The molecule has 0 saturated heterocycles. The lowest BCUT2D eigenvalue weighted by Gasteiger charge is -2.28. The van der Waals surface area contributed by atoms with Crippen LogP contribution in [0.4, 0.5) is 17.1 Å². The molecule has 262 valence electrons. The Bertz CT molecular complexity index is 3490. The van der Waals surface area contributed by atoms with Gasteiger partial charge in [-0.1, -0.05) is 115 Å². The minimum atomic E-state index is 0.839. The molecule has 4 nitrogen and oxygen atoms in total. The second kappa shape index (κ2) is 12.0. The van der Waals surface area contributed by atoms with Gasteiger partial charge in [0.2, 0.25) is 0 Å². The summed E-state index contributed by atoms with van der Waals surface area (Å²) in [5.74, 6) is 0. The second-order valence-electron chi connectivity index (χ2n) is 14.5. The Hall–Kier alpha value is -7.56. The van der Waals surface area contributed by atoms with Gasteiger partial charge >= 0.3 is 0 Å². The summed E-state index contributed by atoms with van der Waals surface area (Å²) >= 11 is 0. The topological polar surface area (TPSA) is 42.7 Å². The van der Waals surface area contributed by atoms with Crippen LogP contribution in [0.5, 0.6) is 0 Å². The molecule has 0 aliphatic rings. The molecule has 0 bridgehead atoms. The maximum absolute atomic E-state index is 6.68. The summed E-state index contributed by atoms with van der Waals surface area (Å²) in [5.41, 5.74) is 12.7. The lowest BCUT2D eigenvalue weighted by atomic mass is 9.98. The quantitative estimate of drug-likeness (QED) is 0.178. The van der Waals surface area contributed by atoms with E-state index in [0.717, 1.165) is 105 Å². The van der Waals surface area contributed by atoms with E-state index in [-0.39, 0.29) is 0 Å². The second-order valence-corrected chi connectivity index (χ2v) is 14.5. The number of fused-ring (bicyclic) bond motifs is 10. The van der Waals surface area contributed by atoms with E-state index in [1.807, 2.05) is 24.3 Å². The molecule has 0 saturated carbocycles. The lowest BCUT2D eigenvalue weighted by molar-refractivity contribution is 0.668. The molecule has 9 aromatic carbocycles. The van der Waals surface area contributed by atoms with Crippen molar-refractivity contribution in [2.75, 3.05) is 4.90 Å². The predicted molar refractivity (Wildman–Crippen MR) is 231 cm³/mol. The van der Waals surface area contributed by atoms with Crippen molar-refractivity contribution in [1.82, 2.24) is 0 Å². The van der Waals surface area contributed by atoms with Crippen molar-refractivity contribution in [1.29, 1.82) is 0 Å². The number of furan rings is 3. The summed E-state index contributed by atoms with van der Waals surface area (Å²) in [4.78, 5) is 2.33. The Morgan fingerprint density at radius 2 is 0.875 bits per heavy atom. The van der Waals surface area contributed by atoms with Crippen LogP contribution in [0.25, 0.3) is 98.8 Å². The maximum Gasteiger partial charge on any atom is 0.159 e. The van der Waals surface area contributed by atoms with Crippen LogP contribution < -0.4 is 4.90 Å². The van der Waals surface area contributed by atoms with Crippen LogP contribution in [0.2, 0.25) is 0 Å². The van der Waals surface area contributed by atoms with Crippen LogP contribution >= 0.6 is 0 Å². The van der Waals surface area contributed by atoms with Crippen molar-refractivity contribution in [3.05, 3.63) is 188 Å². The third kappa shape index (κ3) is 4.73. The molecule has 0 N–H and O–H groups in total. The molecular formula is C52H31NO3. The molecule has 0 unspecified atom stereocenters. The Labute approximate surface area is 321 Å². The summed E-state index contributed by atoms with van der Waals surface area (Å²) in [5, 5.41) is 8.99. The third-order valence-corrected chi connectivity index (χ3v) is 11.3. The molecule has 0 aliphatic carbocycles. The van der Waals surface area contributed by atoms with Crippen molar-refractivity contribution in [3.8, 4) is 22.3 Å². The number of benzene rings is 9. The molecule has 0 fully saturated rings. The van der Waals surface area contributed by atoms with Crippen molar-refractivity contribution in [2.24, 2.45) is 0 Å². The van der Waals surface area contributed by atoms with E-state index in [2.05, 4.69) is 169 Å². The first-order valence-electron chi connectivity index (χ1n) is 18.9. The molecule has 0 amide bonds. The largest absolute Gasteiger partial charge is 0.456 e. The normalized spacial score (nSPS) is 11.9.